The maximum Gasteiger partial charge on any atom is 0.0426 e. The molecule has 0 radical (unpaired) electrons. The van der Waals surface area contributed by atoms with Crippen LogP contribution in [0.5, 0.6) is 0 Å². The number of hydrogen-bond acceptors (Lipinski definition) is 2. The summed E-state index contributed by atoms with van der Waals surface area (Å²) in [6, 6.07) is 6.52. The second-order valence-electron chi connectivity index (χ2n) is 5.27. The summed E-state index contributed by atoms with van der Waals surface area (Å²) >= 11 is 5.92. The molecule has 1 heterocycles. The number of likely N-dealkylation sites (tertiary alicyclic amines) is 1. The molecule has 0 saturated carbocycles. The van der Waals surface area contributed by atoms with E-state index in [9.17, 15) is 0 Å². The fourth-order valence-electron chi connectivity index (χ4n) is 2.73. The van der Waals surface area contributed by atoms with Crippen molar-refractivity contribution >= 4 is 17.3 Å². The average molecular weight is 253 g/mol. The number of nitrogen functional groups attached to an aromatic ring is 1. The third-order valence-corrected chi connectivity index (χ3v) is 3.90. The average Bonchev–Trinajstić information content (AvgIpc) is 2.70. The van der Waals surface area contributed by atoms with Gasteiger partial charge in [0.05, 0.1) is 0 Å². The summed E-state index contributed by atoms with van der Waals surface area (Å²) in [5.74, 6) is 0.714. The zero-order valence-electron chi connectivity index (χ0n) is 10.6. The topological polar surface area (TPSA) is 29.3 Å². The van der Waals surface area contributed by atoms with Crippen LogP contribution >= 0.6 is 11.6 Å². The first-order chi connectivity index (χ1) is 8.08. The molecule has 1 aromatic carbocycles. The Morgan fingerprint density at radius 1 is 1.47 bits per heavy atom. The summed E-state index contributed by atoms with van der Waals surface area (Å²) in [6.07, 6.45) is 2.61. The first kappa shape index (κ1) is 12.7. The van der Waals surface area contributed by atoms with Gasteiger partial charge in [0.25, 0.3) is 0 Å². The molecule has 17 heavy (non-hydrogen) atoms. The summed E-state index contributed by atoms with van der Waals surface area (Å²) in [5, 5.41) is 0.716. The van der Waals surface area contributed by atoms with Gasteiger partial charge in [-0.1, -0.05) is 31.5 Å². The highest BCUT2D eigenvalue weighted by Crippen LogP contribution is 2.27. The molecule has 0 amide bonds. The van der Waals surface area contributed by atoms with Crippen molar-refractivity contribution in [2.45, 2.75) is 39.3 Å². The highest BCUT2D eigenvalue weighted by Gasteiger charge is 2.27. The van der Waals surface area contributed by atoms with E-state index in [4.69, 9.17) is 17.3 Å². The monoisotopic (exact) mass is 252 g/mol. The molecule has 1 aliphatic rings. The zero-order valence-corrected chi connectivity index (χ0v) is 11.4. The van der Waals surface area contributed by atoms with Crippen molar-refractivity contribution in [3.63, 3.8) is 0 Å². The molecule has 0 bridgehead atoms. The molecule has 1 saturated heterocycles. The summed E-state index contributed by atoms with van der Waals surface area (Å²) in [6.45, 7) is 6.74. The predicted octanol–water partition coefficient (Wildman–Crippen LogP) is 3.54. The minimum Gasteiger partial charge on any atom is -0.398 e. The number of hydrogen-bond donors (Lipinski definition) is 1. The maximum atomic E-state index is 6.01. The first-order valence-electron chi connectivity index (χ1n) is 6.36. The molecule has 2 rings (SSSR count). The molecule has 1 aromatic rings. The van der Waals surface area contributed by atoms with Gasteiger partial charge in [-0.3, -0.25) is 4.90 Å². The van der Waals surface area contributed by atoms with Crippen molar-refractivity contribution in [3.8, 4) is 0 Å². The molecule has 0 spiro atoms. The lowest BCUT2D eigenvalue weighted by Crippen LogP contribution is -2.33. The van der Waals surface area contributed by atoms with Crippen molar-refractivity contribution < 1.29 is 0 Å². The van der Waals surface area contributed by atoms with E-state index in [1.807, 2.05) is 18.2 Å². The Kier molecular flexibility index (Phi) is 3.95. The Morgan fingerprint density at radius 2 is 2.24 bits per heavy atom. The van der Waals surface area contributed by atoms with Crippen LogP contribution in [0.3, 0.4) is 0 Å². The fourth-order valence-corrected chi connectivity index (χ4v) is 2.91. The van der Waals surface area contributed by atoms with E-state index in [-0.39, 0.29) is 0 Å². The summed E-state index contributed by atoms with van der Waals surface area (Å²) in [5.41, 5.74) is 8.02. The largest absolute Gasteiger partial charge is 0.398 e. The van der Waals surface area contributed by atoms with Crippen LogP contribution in [0.15, 0.2) is 18.2 Å². The minimum atomic E-state index is 0.699. The summed E-state index contributed by atoms with van der Waals surface area (Å²) in [7, 11) is 0. The van der Waals surface area contributed by atoms with Crippen LogP contribution < -0.4 is 5.73 Å². The van der Waals surface area contributed by atoms with Gasteiger partial charge in [0.15, 0.2) is 0 Å². The Hall–Kier alpha value is -0.730. The molecule has 0 aromatic heterocycles. The molecule has 2 nitrogen and oxygen atoms in total. The van der Waals surface area contributed by atoms with Crippen LogP contribution in [0.2, 0.25) is 5.02 Å². The van der Waals surface area contributed by atoms with Crippen LogP contribution in [0.25, 0.3) is 0 Å². The van der Waals surface area contributed by atoms with E-state index in [2.05, 4.69) is 18.7 Å². The lowest BCUT2D eigenvalue weighted by molar-refractivity contribution is 0.199. The van der Waals surface area contributed by atoms with Gasteiger partial charge in [0.2, 0.25) is 0 Å². The lowest BCUT2D eigenvalue weighted by atomic mass is 10.0. The van der Waals surface area contributed by atoms with Crippen LogP contribution in [0.4, 0.5) is 5.69 Å². The minimum absolute atomic E-state index is 0.699. The second-order valence-corrected chi connectivity index (χ2v) is 5.70. The van der Waals surface area contributed by atoms with E-state index in [0.717, 1.165) is 12.2 Å². The number of anilines is 1. The number of halogens is 1. The predicted molar refractivity (Wildman–Crippen MR) is 74.1 cm³/mol. The van der Waals surface area contributed by atoms with Gasteiger partial charge in [-0.25, -0.2) is 0 Å². The third-order valence-electron chi connectivity index (χ3n) is 3.67. The van der Waals surface area contributed by atoms with Crippen LogP contribution in [0.1, 0.15) is 32.3 Å². The van der Waals surface area contributed by atoms with Gasteiger partial charge in [-0.15, -0.1) is 0 Å². The van der Waals surface area contributed by atoms with Crippen molar-refractivity contribution in [2.75, 3.05) is 12.3 Å². The smallest absolute Gasteiger partial charge is 0.0426 e. The Balaban J connectivity index is 2.09. The zero-order chi connectivity index (χ0) is 12.4. The normalized spacial score (nSPS) is 21.3. The molecule has 1 unspecified atom stereocenters. The van der Waals surface area contributed by atoms with E-state index in [1.165, 1.54) is 24.9 Å². The van der Waals surface area contributed by atoms with Gasteiger partial charge in [-0.05, 0) is 43.0 Å². The molecular formula is C14H21ClN2. The van der Waals surface area contributed by atoms with Gasteiger partial charge in [0, 0.05) is 23.3 Å². The first-order valence-corrected chi connectivity index (χ1v) is 6.73. The molecule has 1 atom stereocenters. The van der Waals surface area contributed by atoms with Gasteiger partial charge in [-0.2, -0.15) is 0 Å². The van der Waals surface area contributed by atoms with Crippen LogP contribution in [-0.4, -0.2) is 17.5 Å². The van der Waals surface area contributed by atoms with Crippen LogP contribution in [0, 0.1) is 5.92 Å². The molecule has 2 N–H and O–H groups in total. The Morgan fingerprint density at radius 3 is 2.88 bits per heavy atom. The third kappa shape index (κ3) is 2.93. The van der Waals surface area contributed by atoms with E-state index in [1.54, 1.807) is 0 Å². The fraction of sp³-hybridized carbons (Fsp3) is 0.571. The van der Waals surface area contributed by atoms with E-state index < -0.39 is 0 Å². The highest BCUT2D eigenvalue weighted by atomic mass is 35.5. The van der Waals surface area contributed by atoms with Crippen molar-refractivity contribution in [2.24, 2.45) is 5.92 Å². The standard InChI is InChI=1S/C14H21ClN2/c1-10(2)14-4-3-7-17(14)9-11-5-6-12(15)8-13(11)16/h5-6,8,10,14H,3-4,7,9,16H2,1-2H3. The quantitative estimate of drug-likeness (QED) is 0.834. The molecule has 0 aliphatic carbocycles. The van der Waals surface area contributed by atoms with Crippen molar-refractivity contribution in [3.05, 3.63) is 28.8 Å². The highest BCUT2D eigenvalue weighted by molar-refractivity contribution is 6.30. The Bertz CT molecular complexity index is 390. The molecular weight excluding hydrogens is 232 g/mol. The lowest BCUT2D eigenvalue weighted by Gasteiger charge is -2.28. The maximum absolute atomic E-state index is 6.01. The molecule has 94 valence electrons. The summed E-state index contributed by atoms with van der Waals surface area (Å²) < 4.78 is 0. The molecule has 3 heteroatoms. The number of nitrogens with two attached hydrogens (primary N) is 1. The van der Waals surface area contributed by atoms with Crippen molar-refractivity contribution in [1.82, 2.24) is 4.90 Å². The summed E-state index contributed by atoms with van der Waals surface area (Å²) in [4.78, 5) is 2.55. The van der Waals surface area contributed by atoms with Gasteiger partial charge in [0.1, 0.15) is 0 Å². The van der Waals surface area contributed by atoms with Crippen LogP contribution in [-0.2, 0) is 6.54 Å². The second kappa shape index (κ2) is 5.28. The molecule has 1 fully saturated rings. The van der Waals surface area contributed by atoms with E-state index >= 15 is 0 Å². The Labute approximate surface area is 109 Å². The number of nitrogens with zero attached hydrogens (tertiary/aromatic N) is 1. The van der Waals surface area contributed by atoms with E-state index in [0.29, 0.717) is 17.0 Å². The van der Waals surface area contributed by atoms with Gasteiger partial charge < -0.3 is 5.73 Å². The number of rotatable bonds is 3. The molecule has 1 aliphatic heterocycles. The van der Waals surface area contributed by atoms with Gasteiger partial charge >= 0.3 is 0 Å². The SMILES string of the molecule is CC(C)C1CCCN1Cc1ccc(Cl)cc1N. The number of benzene rings is 1. The van der Waals surface area contributed by atoms with Crippen molar-refractivity contribution in [1.29, 1.82) is 0 Å².